The Labute approximate surface area is 187 Å². The Kier molecular flexibility index (Phi) is 4.57. The Morgan fingerprint density at radius 1 is 1.06 bits per heavy atom. The van der Waals surface area contributed by atoms with E-state index in [4.69, 9.17) is 9.72 Å². The van der Waals surface area contributed by atoms with E-state index < -0.39 is 0 Å². The number of anilines is 1. The summed E-state index contributed by atoms with van der Waals surface area (Å²) in [7, 11) is 1.67. The van der Waals surface area contributed by atoms with E-state index in [2.05, 4.69) is 12.1 Å². The second-order valence-electron chi connectivity index (χ2n) is 9.90. The zero-order chi connectivity index (χ0) is 21.0. The van der Waals surface area contributed by atoms with Crippen LogP contribution in [0.4, 0.5) is 5.13 Å². The highest BCUT2D eigenvalue weighted by molar-refractivity contribution is 7.22. The molecule has 1 amide bonds. The van der Waals surface area contributed by atoms with E-state index >= 15 is 0 Å². The number of benzene rings is 2. The van der Waals surface area contributed by atoms with Gasteiger partial charge in [0.2, 0.25) is 5.91 Å². The molecule has 0 atom stereocenters. The standard InChI is InChI=1S/C26H28N2O2S/c1-30-21-7-8-23-22(12-21)27-25(31-23)28(16-17-5-3-2-4-6-17)24(29)26-13-18-9-19(14-26)11-20(10-18)15-26/h2-8,12,18-20H,9-11,13-16H2,1H3. The molecule has 5 heteroatoms. The Balaban J connectivity index is 1.40. The van der Waals surface area contributed by atoms with Gasteiger partial charge in [-0.05, 0) is 74.0 Å². The van der Waals surface area contributed by atoms with Crippen LogP contribution in [0.2, 0.25) is 0 Å². The monoisotopic (exact) mass is 432 g/mol. The van der Waals surface area contributed by atoms with Crippen LogP contribution in [-0.2, 0) is 11.3 Å². The number of fused-ring (bicyclic) bond motifs is 1. The van der Waals surface area contributed by atoms with Crippen molar-refractivity contribution in [3.05, 3.63) is 54.1 Å². The van der Waals surface area contributed by atoms with Gasteiger partial charge in [-0.25, -0.2) is 4.98 Å². The van der Waals surface area contributed by atoms with Gasteiger partial charge in [0.25, 0.3) is 0 Å². The van der Waals surface area contributed by atoms with Crippen molar-refractivity contribution in [3.63, 3.8) is 0 Å². The average Bonchev–Trinajstić information content (AvgIpc) is 3.19. The van der Waals surface area contributed by atoms with E-state index in [9.17, 15) is 4.79 Å². The molecule has 0 N–H and O–H groups in total. The van der Waals surface area contributed by atoms with Gasteiger partial charge < -0.3 is 4.74 Å². The summed E-state index contributed by atoms with van der Waals surface area (Å²) in [6.45, 7) is 0.582. The summed E-state index contributed by atoms with van der Waals surface area (Å²) in [6.07, 6.45) is 7.23. The molecule has 4 saturated carbocycles. The molecule has 3 aromatic rings. The maximum absolute atomic E-state index is 14.3. The van der Waals surface area contributed by atoms with Gasteiger partial charge in [0.05, 0.1) is 29.3 Å². The minimum atomic E-state index is -0.181. The summed E-state index contributed by atoms with van der Waals surface area (Å²) in [5, 5.41) is 0.813. The van der Waals surface area contributed by atoms with Crippen molar-refractivity contribution in [1.29, 1.82) is 0 Å². The summed E-state index contributed by atoms with van der Waals surface area (Å²) in [5.74, 6) is 3.34. The first-order valence-corrected chi connectivity index (χ1v) is 12.2. The minimum absolute atomic E-state index is 0.181. The summed E-state index contributed by atoms with van der Waals surface area (Å²) < 4.78 is 6.47. The van der Waals surface area contributed by atoms with Crippen LogP contribution in [0.3, 0.4) is 0 Å². The Hall–Kier alpha value is -2.40. The van der Waals surface area contributed by atoms with E-state index in [-0.39, 0.29) is 5.41 Å². The van der Waals surface area contributed by atoms with Crippen LogP contribution in [-0.4, -0.2) is 18.0 Å². The number of amides is 1. The zero-order valence-electron chi connectivity index (χ0n) is 17.9. The molecule has 4 nitrogen and oxygen atoms in total. The van der Waals surface area contributed by atoms with Gasteiger partial charge in [-0.1, -0.05) is 41.7 Å². The molecule has 2 aromatic carbocycles. The molecule has 1 aromatic heterocycles. The van der Waals surface area contributed by atoms with Crippen LogP contribution in [0.25, 0.3) is 10.2 Å². The Bertz CT molecular complexity index is 1090. The van der Waals surface area contributed by atoms with Gasteiger partial charge >= 0.3 is 0 Å². The maximum atomic E-state index is 14.3. The third-order valence-electron chi connectivity index (χ3n) is 7.73. The lowest BCUT2D eigenvalue weighted by Gasteiger charge is -2.56. The first-order valence-electron chi connectivity index (χ1n) is 11.4. The molecular weight excluding hydrogens is 404 g/mol. The fourth-order valence-corrected chi connectivity index (χ4v) is 7.73. The molecule has 4 fully saturated rings. The molecule has 160 valence electrons. The number of aromatic nitrogens is 1. The SMILES string of the molecule is COc1ccc2sc(N(Cc3ccccc3)C(=O)C34CC5CC(CC(C5)C3)C4)nc2c1. The fraction of sp³-hybridized carbons (Fsp3) is 0.462. The van der Waals surface area contributed by atoms with Gasteiger partial charge in [-0.3, -0.25) is 9.69 Å². The number of rotatable bonds is 5. The number of hydrogen-bond donors (Lipinski definition) is 0. The lowest BCUT2D eigenvalue weighted by Crippen LogP contribution is -2.54. The highest BCUT2D eigenvalue weighted by Crippen LogP contribution is 2.61. The van der Waals surface area contributed by atoms with Crippen LogP contribution in [0.5, 0.6) is 5.75 Å². The highest BCUT2D eigenvalue weighted by Gasteiger charge is 2.56. The molecule has 4 aliphatic carbocycles. The molecular formula is C26H28N2O2S. The van der Waals surface area contributed by atoms with Crippen molar-refractivity contribution in [2.24, 2.45) is 23.2 Å². The number of methoxy groups -OCH3 is 1. The van der Waals surface area contributed by atoms with Crippen LogP contribution in [0.15, 0.2) is 48.5 Å². The van der Waals surface area contributed by atoms with Crippen molar-refractivity contribution in [2.45, 2.75) is 45.1 Å². The summed E-state index contributed by atoms with van der Waals surface area (Å²) in [5.41, 5.74) is 1.87. The van der Waals surface area contributed by atoms with Crippen molar-refractivity contribution < 1.29 is 9.53 Å². The average molecular weight is 433 g/mol. The minimum Gasteiger partial charge on any atom is -0.497 e. The van der Waals surface area contributed by atoms with Gasteiger partial charge in [0.15, 0.2) is 5.13 Å². The predicted octanol–water partition coefficient (Wildman–Crippen LogP) is 6.05. The molecule has 0 aliphatic heterocycles. The van der Waals surface area contributed by atoms with Crippen LogP contribution in [0, 0.1) is 23.2 Å². The summed E-state index contributed by atoms with van der Waals surface area (Å²) >= 11 is 1.61. The van der Waals surface area contributed by atoms with Crippen molar-refractivity contribution in [1.82, 2.24) is 4.98 Å². The lowest BCUT2D eigenvalue weighted by molar-refractivity contribution is -0.143. The largest absolute Gasteiger partial charge is 0.497 e. The van der Waals surface area contributed by atoms with Crippen LogP contribution >= 0.6 is 11.3 Å². The van der Waals surface area contributed by atoms with Crippen molar-refractivity contribution in [2.75, 3.05) is 12.0 Å². The Morgan fingerprint density at radius 2 is 1.74 bits per heavy atom. The molecule has 0 saturated heterocycles. The predicted molar refractivity (Wildman–Crippen MR) is 124 cm³/mol. The van der Waals surface area contributed by atoms with Gasteiger partial charge in [-0.2, -0.15) is 0 Å². The normalized spacial score (nSPS) is 28.7. The van der Waals surface area contributed by atoms with E-state index in [0.717, 1.165) is 63.7 Å². The number of carbonyl (C=O) groups is 1. The Morgan fingerprint density at radius 3 is 2.39 bits per heavy atom. The first kappa shape index (κ1) is 19.3. The second-order valence-corrected chi connectivity index (χ2v) is 10.9. The second kappa shape index (κ2) is 7.33. The fourth-order valence-electron chi connectivity index (χ4n) is 6.79. The van der Waals surface area contributed by atoms with Crippen LogP contribution < -0.4 is 9.64 Å². The number of ether oxygens (including phenoxy) is 1. The highest BCUT2D eigenvalue weighted by atomic mass is 32.1. The third kappa shape index (κ3) is 3.34. The number of carbonyl (C=O) groups excluding carboxylic acids is 1. The maximum Gasteiger partial charge on any atom is 0.235 e. The lowest BCUT2D eigenvalue weighted by atomic mass is 9.49. The molecule has 7 rings (SSSR count). The molecule has 4 aliphatic rings. The smallest absolute Gasteiger partial charge is 0.235 e. The van der Waals surface area contributed by atoms with E-state index in [0.29, 0.717) is 12.5 Å². The number of nitrogens with zero attached hydrogens (tertiary/aromatic N) is 2. The summed E-state index contributed by atoms with van der Waals surface area (Å²) in [6, 6.07) is 16.3. The first-order chi connectivity index (χ1) is 15.1. The van der Waals surface area contributed by atoms with Crippen molar-refractivity contribution in [3.8, 4) is 5.75 Å². The molecule has 31 heavy (non-hydrogen) atoms. The summed E-state index contributed by atoms with van der Waals surface area (Å²) in [4.78, 5) is 21.2. The molecule has 0 radical (unpaired) electrons. The van der Waals surface area contributed by atoms with Crippen molar-refractivity contribution >= 4 is 32.6 Å². The third-order valence-corrected chi connectivity index (χ3v) is 8.79. The quantitative estimate of drug-likeness (QED) is 0.492. The molecule has 1 heterocycles. The van der Waals surface area contributed by atoms with Crippen LogP contribution in [0.1, 0.15) is 44.1 Å². The van der Waals surface area contributed by atoms with E-state index in [1.165, 1.54) is 19.3 Å². The van der Waals surface area contributed by atoms with E-state index in [1.807, 2.05) is 41.3 Å². The molecule has 0 spiro atoms. The van der Waals surface area contributed by atoms with Gasteiger partial charge in [-0.15, -0.1) is 0 Å². The number of thiazole rings is 1. The van der Waals surface area contributed by atoms with Gasteiger partial charge in [0.1, 0.15) is 5.75 Å². The molecule has 4 bridgehead atoms. The topological polar surface area (TPSA) is 42.4 Å². The number of hydrogen-bond acceptors (Lipinski definition) is 4. The van der Waals surface area contributed by atoms with E-state index in [1.54, 1.807) is 18.4 Å². The van der Waals surface area contributed by atoms with Gasteiger partial charge in [0, 0.05) is 6.07 Å². The molecule has 0 unspecified atom stereocenters. The zero-order valence-corrected chi connectivity index (χ0v) is 18.7.